The first-order valence-electron chi connectivity index (χ1n) is 10.4. The Morgan fingerprint density at radius 3 is 2.68 bits per heavy atom. The van der Waals surface area contributed by atoms with Crippen molar-refractivity contribution in [1.82, 2.24) is 19.8 Å². The van der Waals surface area contributed by atoms with E-state index >= 15 is 0 Å². The highest BCUT2D eigenvalue weighted by Crippen LogP contribution is 2.28. The zero-order valence-electron chi connectivity index (χ0n) is 17.4. The molecule has 31 heavy (non-hydrogen) atoms. The molecule has 0 radical (unpaired) electrons. The van der Waals surface area contributed by atoms with Gasteiger partial charge in [0.25, 0.3) is 10.0 Å². The van der Waals surface area contributed by atoms with Crippen LogP contribution >= 0.6 is 0 Å². The van der Waals surface area contributed by atoms with Crippen molar-refractivity contribution in [3.63, 3.8) is 0 Å². The van der Waals surface area contributed by atoms with Crippen LogP contribution in [0.4, 0.5) is 0 Å². The zero-order valence-corrected chi connectivity index (χ0v) is 18.2. The summed E-state index contributed by atoms with van der Waals surface area (Å²) in [7, 11) is -3.82. The second-order valence-corrected chi connectivity index (χ2v) is 9.55. The highest BCUT2D eigenvalue weighted by Gasteiger charge is 2.35. The summed E-state index contributed by atoms with van der Waals surface area (Å²) in [6.45, 7) is 3.03. The maximum Gasteiger partial charge on any atom is 0.276 e. The molecule has 3 aromatic rings. The summed E-state index contributed by atoms with van der Waals surface area (Å²) in [4.78, 5) is 12.7. The quantitative estimate of drug-likeness (QED) is 0.585. The molecule has 1 fully saturated rings. The van der Waals surface area contributed by atoms with Crippen molar-refractivity contribution in [1.29, 1.82) is 0 Å². The molecular weight excluding hydrogens is 416 g/mol. The number of aromatic amines is 1. The van der Waals surface area contributed by atoms with Crippen LogP contribution in [0.3, 0.4) is 0 Å². The Kier molecular flexibility index (Phi) is 6.24. The van der Waals surface area contributed by atoms with E-state index in [1.807, 2.05) is 12.1 Å². The third-order valence-corrected chi connectivity index (χ3v) is 7.33. The lowest BCUT2D eigenvalue weighted by Crippen LogP contribution is -2.45. The van der Waals surface area contributed by atoms with Crippen LogP contribution < -0.4 is 5.32 Å². The summed E-state index contributed by atoms with van der Waals surface area (Å²) in [5.74, 6) is -0.117. The molecule has 9 heteroatoms. The van der Waals surface area contributed by atoms with Gasteiger partial charge in [-0.05, 0) is 48.6 Å². The van der Waals surface area contributed by atoms with Gasteiger partial charge in [-0.1, -0.05) is 31.2 Å². The molecule has 1 atom stereocenters. The topological polar surface area (TPSA) is 108 Å². The Labute approximate surface area is 181 Å². The van der Waals surface area contributed by atoms with Crippen molar-refractivity contribution in [2.24, 2.45) is 5.92 Å². The Balaban J connectivity index is 1.39. The molecule has 1 unspecified atom stereocenters. The van der Waals surface area contributed by atoms with Crippen LogP contribution in [-0.2, 0) is 27.8 Å². The van der Waals surface area contributed by atoms with E-state index in [0.29, 0.717) is 37.4 Å². The van der Waals surface area contributed by atoms with Gasteiger partial charge < -0.3 is 9.73 Å². The fourth-order valence-corrected chi connectivity index (χ4v) is 5.16. The standard InChI is InChI=1S/C22H26N4O4S/c1-2-16-5-7-17(8-6-16)14-23-22(27)18-4-3-13-26(15-18)31(28,29)21-10-9-20(30-21)19-11-12-24-25-19/h5-12,18H,2-4,13-15H2,1H3,(H,23,27)(H,24,25). The normalized spacial score (nSPS) is 17.5. The highest BCUT2D eigenvalue weighted by molar-refractivity contribution is 7.89. The minimum absolute atomic E-state index is 0.128. The van der Waals surface area contributed by atoms with Gasteiger partial charge in [-0.15, -0.1) is 0 Å². The molecule has 164 valence electrons. The molecule has 1 aliphatic rings. The predicted molar refractivity (Wildman–Crippen MR) is 115 cm³/mol. The van der Waals surface area contributed by atoms with Gasteiger partial charge in [-0.2, -0.15) is 9.40 Å². The number of aromatic nitrogens is 2. The van der Waals surface area contributed by atoms with Crippen molar-refractivity contribution in [2.45, 2.75) is 37.8 Å². The summed E-state index contributed by atoms with van der Waals surface area (Å²) in [5, 5.41) is 9.41. The number of rotatable bonds is 7. The molecule has 1 aromatic carbocycles. The van der Waals surface area contributed by atoms with Crippen LogP contribution in [-0.4, -0.2) is 41.9 Å². The summed E-state index contributed by atoms with van der Waals surface area (Å²) < 4.78 is 33.0. The van der Waals surface area contributed by atoms with E-state index in [-0.39, 0.29) is 23.5 Å². The van der Waals surface area contributed by atoms with Gasteiger partial charge in [0.2, 0.25) is 11.0 Å². The lowest BCUT2D eigenvalue weighted by atomic mass is 9.98. The van der Waals surface area contributed by atoms with E-state index in [9.17, 15) is 13.2 Å². The minimum Gasteiger partial charge on any atom is -0.442 e. The number of piperidine rings is 1. The van der Waals surface area contributed by atoms with E-state index in [1.165, 1.54) is 15.9 Å². The molecule has 3 heterocycles. The zero-order chi connectivity index (χ0) is 21.8. The van der Waals surface area contributed by atoms with Crippen molar-refractivity contribution in [3.05, 3.63) is 59.8 Å². The van der Waals surface area contributed by atoms with Crippen LogP contribution in [0.1, 0.15) is 30.9 Å². The van der Waals surface area contributed by atoms with Gasteiger partial charge in [0.05, 0.1) is 5.92 Å². The number of aryl methyl sites for hydroxylation is 1. The van der Waals surface area contributed by atoms with E-state index in [2.05, 4.69) is 34.6 Å². The monoisotopic (exact) mass is 442 g/mol. The molecule has 8 nitrogen and oxygen atoms in total. The molecule has 4 rings (SSSR count). The molecule has 0 saturated carbocycles. The number of nitrogens with zero attached hydrogens (tertiary/aromatic N) is 2. The van der Waals surface area contributed by atoms with Crippen molar-refractivity contribution in [2.75, 3.05) is 13.1 Å². The molecular formula is C22H26N4O4S. The van der Waals surface area contributed by atoms with Crippen LogP contribution in [0, 0.1) is 5.92 Å². The van der Waals surface area contributed by atoms with Gasteiger partial charge in [0.15, 0.2) is 5.76 Å². The maximum atomic E-state index is 13.1. The smallest absolute Gasteiger partial charge is 0.276 e. The summed E-state index contributed by atoms with van der Waals surface area (Å²) in [6.07, 6.45) is 3.82. The number of benzene rings is 1. The number of carbonyl (C=O) groups is 1. The Bertz CT molecular complexity index is 1120. The van der Waals surface area contributed by atoms with E-state index < -0.39 is 10.0 Å². The minimum atomic E-state index is -3.82. The first kappa shape index (κ1) is 21.3. The van der Waals surface area contributed by atoms with Gasteiger partial charge >= 0.3 is 0 Å². The summed E-state index contributed by atoms with van der Waals surface area (Å²) in [6, 6.07) is 12.9. The second-order valence-electron chi connectivity index (χ2n) is 7.68. The maximum absolute atomic E-state index is 13.1. The van der Waals surface area contributed by atoms with Crippen LogP contribution in [0.25, 0.3) is 11.5 Å². The van der Waals surface area contributed by atoms with Crippen molar-refractivity contribution < 1.29 is 17.6 Å². The lowest BCUT2D eigenvalue weighted by Gasteiger charge is -2.30. The Morgan fingerprint density at radius 2 is 1.97 bits per heavy atom. The average molecular weight is 443 g/mol. The molecule has 2 N–H and O–H groups in total. The second kappa shape index (κ2) is 9.07. The van der Waals surface area contributed by atoms with Crippen molar-refractivity contribution >= 4 is 15.9 Å². The fourth-order valence-electron chi connectivity index (χ4n) is 3.72. The number of hydrogen-bond donors (Lipinski definition) is 2. The van der Waals surface area contributed by atoms with Gasteiger partial charge in [0.1, 0.15) is 5.69 Å². The van der Waals surface area contributed by atoms with Gasteiger partial charge in [-0.25, -0.2) is 8.42 Å². The van der Waals surface area contributed by atoms with Crippen LogP contribution in [0.5, 0.6) is 0 Å². The summed E-state index contributed by atoms with van der Waals surface area (Å²) >= 11 is 0. The number of sulfonamides is 1. The molecule has 1 aliphatic heterocycles. The third kappa shape index (κ3) is 4.72. The van der Waals surface area contributed by atoms with E-state index in [0.717, 1.165) is 12.0 Å². The van der Waals surface area contributed by atoms with Crippen molar-refractivity contribution in [3.8, 4) is 11.5 Å². The largest absolute Gasteiger partial charge is 0.442 e. The molecule has 2 aromatic heterocycles. The molecule has 0 bridgehead atoms. The number of H-pyrrole nitrogens is 1. The lowest BCUT2D eigenvalue weighted by molar-refractivity contribution is -0.126. The summed E-state index contributed by atoms with van der Waals surface area (Å²) in [5.41, 5.74) is 2.87. The first-order chi connectivity index (χ1) is 15.0. The molecule has 0 aliphatic carbocycles. The Morgan fingerprint density at radius 1 is 1.19 bits per heavy atom. The SMILES string of the molecule is CCc1ccc(CNC(=O)C2CCCN(S(=O)(=O)c3ccc(-c4ccn[nH]4)o3)C2)cc1. The average Bonchev–Trinajstić information content (AvgIpc) is 3.50. The number of furan rings is 1. The van der Waals surface area contributed by atoms with Crippen LogP contribution in [0.2, 0.25) is 0 Å². The Hall–Kier alpha value is -2.91. The predicted octanol–water partition coefficient (Wildman–Crippen LogP) is 2.95. The van der Waals surface area contributed by atoms with Gasteiger partial charge in [0, 0.05) is 25.8 Å². The van der Waals surface area contributed by atoms with Crippen LogP contribution in [0.15, 0.2) is 58.2 Å². The van der Waals surface area contributed by atoms with E-state index in [4.69, 9.17) is 4.42 Å². The van der Waals surface area contributed by atoms with E-state index in [1.54, 1.807) is 18.3 Å². The number of amides is 1. The fraction of sp³-hybridized carbons (Fsp3) is 0.364. The number of nitrogens with one attached hydrogen (secondary N) is 2. The first-order valence-corrected chi connectivity index (χ1v) is 11.9. The third-order valence-electron chi connectivity index (χ3n) is 5.59. The highest BCUT2D eigenvalue weighted by atomic mass is 32.2. The van der Waals surface area contributed by atoms with Gasteiger partial charge in [-0.3, -0.25) is 9.89 Å². The number of carbonyl (C=O) groups excluding carboxylic acids is 1. The molecule has 1 amide bonds. The molecule has 1 saturated heterocycles. The number of hydrogen-bond acceptors (Lipinski definition) is 5. The molecule has 0 spiro atoms.